The van der Waals surface area contributed by atoms with Crippen LogP contribution in [0.1, 0.15) is 65.9 Å². The van der Waals surface area contributed by atoms with E-state index in [1.54, 1.807) is 27.1 Å². The zero-order chi connectivity index (χ0) is 24.4. The Labute approximate surface area is 200 Å². The molecule has 2 aromatic heterocycles. The van der Waals surface area contributed by atoms with E-state index in [4.69, 9.17) is 21.8 Å². The van der Waals surface area contributed by atoms with E-state index < -0.39 is 28.6 Å². The Morgan fingerprint density at radius 3 is 2.67 bits per heavy atom. The van der Waals surface area contributed by atoms with Gasteiger partial charge in [0.2, 0.25) is 6.41 Å². The maximum absolute atomic E-state index is 13.4. The number of carbonyl (C=O) groups is 2. The molecule has 0 bridgehead atoms. The number of ether oxygens (including phenoxy) is 1. The number of fused-ring (bicyclic) bond motifs is 1. The molecular weight excluding hydrogens is 440 g/mol. The molecule has 3 rings (SSSR count). The van der Waals surface area contributed by atoms with Crippen LogP contribution in [-0.2, 0) is 24.6 Å². The normalized spacial score (nSPS) is 21.5. The van der Waals surface area contributed by atoms with Gasteiger partial charge in [-0.1, -0.05) is 24.7 Å². The van der Waals surface area contributed by atoms with Crippen LogP contribution in [0.3, 0.4) is 0 Å². The average molecular weight is 475 g/mol. The van der Waals surface area contributed by atoms with Crippen LogP contribution >= 0.6 is 12.2 Å². The van der Waals surface area contributed by atoms with E-state index in [0.717, 1.165) is 35.5 Å². The van der Waals surface area contributed by atoms with Crippen molar-refractivity contribution in [2.24, 2.45) is 0 Å². The predicted octanol–water partition coefficient (Wildman–Crippen LogP) is 3.57. The maximum Gasteiger partial charge on any atom is 0.334 e. The summed E-state index contributed by atoms with van der Waals surface area (Å²) in [6.45, 7) is 8.68. The van der Waals surface area contributed by atoms with Gasteiger partial charge < -0.3 is 14.5 Å². The van der Waals surface area contributed by atoms with Gasteiger partial charge in [-0.25, -0.2) is 14.8 Å². The molecule has 0 aliphatic heterocycles. The molecule has 1 aliphatic carbocycles. The summed E-state index contributed by atoms with van der Waals surface area (Å²) in [5, 5.41) is 4.18. The minimum absolute atomic E-state index is 0.498. The second-order valence-electron chi connectivity index (χ2n) is 9.99. The topological polar surface area (TPSA) is 85.2 Å². The summed E-state index contributed by atoms with van der Waals surface area (Å²) in [4.78, 5) is 35.9. The van der Waals surface area contributed by atoms with Crippen molar-refractivity contribution in [3.8, 4) is 0 Å². The van der Waals surface area contributed by atoms with Gasteiger partial charge in [0.1, 0.15) is 11.8 Å². The average Bonchev–Trinajstić information content (AvgIpc) is 3.24. The first-order valence-electron chi connectivity index (χ1n) is 11.3. The van der Waals surface area contributed by atoms with Crippen LogP contribution in [0.5, 0.6) is 0 Å². The van der Waals surface area contributed by atoms with Crippen molar-refractivity contribution in [3.63, 3.8) is 0 Å². The molecule has 1 saturated carbocycles. The molecule has 2 atom stereocenters. The number of thiocarbonyl (C=S) groups is 1. The lowest BCUT2D eigenvalue weighted by Crippen LogP contribution is -2.58. The lowest BCUT2D eigenvalue weighted by Gasteiger charge is -2.45. The monoisotopic (exact) mass is 474 g/mol. The minimum Gasteiger partial charge on any atom is -0.459 e. The summed E-state index contributed by atoms with van der Waals surface area (Å²) < 4.78 is 8.11. The van der Waals surface area contributed by atoms with E-state index in [2.05, 4.69) is 10.3 Å². The van der Waals surface area contributed by atoms with Crippen molar-refractivity contribution in [2.45, 2.75) is 83.0 Å². The first-order chi connectivity index (χ1) is 15.5. The first-order valence-corrected chi connectivity index (χ1v) is 11.7. The molecule has 2 aromatic rings. The molecule has 2 unspecified atom stereocenters. The maximum atomic E-state index is 13.4. The molecule has 9 heteroatoms. The van der Waals surface area contributed by atoms with Gasteiger partial charge in [-0.2, -0.15) is 0 Å². The molecule has 1 amide bonds. The number of likely N-dealkylation sites (N-methyl/N-ethyl adjacent to an activating group) is 1. The van der Waals surface area contributed by atoms with Gasteiger partial charge in [-0.15, -0.1) is 0 Å². The Bertz CT molecular complexity index is 1030. The van der Waals surface area contributed by atoms with Gasteiger partial charge in [0, 0.05) is 25.6 Å². The number of pyridine rings is 1. The van der Waals surface area contributed by atoms with Crippen LogP contribution in [0.25, 0.3) is 5.65 Å². The highest BCUT2D eigenvalue weighted by Crippen LogP contribution is 2.43. The number of hydrogen-bond acceptors (Lipinski definition) is 6. The van der Waals surface area contributed by atoms with E-state index in [1.807, 2.05) is 49.7 Å². The van der Waals surface area contributed by atoms with Crippen LogP contribution in [0.15, 0.2) is 30.7 Å². The molecule has 33 heavy (non-hydrogen) atoms. The third-order valence-corrected chi connectivity index (χ3v) is 6.71. The SMILES string of the molecule is CNC(=S)C1(c2ccc3nccn3c2)CCCCC1OC(=O)C(C)(C)N(C=O)OC(C)(C)C. The smallest absolute Gasteiger partial charge is 0.334 e. The molecule has 0 aromatic carbocycles. The number of nitrogens with one attached hydrogen (secondary N) is 1. The number of aromatic nitrogens is 2. The number of hydrogen-bond donors (Lipinski definition) is 1. The quantitative estimate of drug-likeness (QED) is 0.284. The molecule has 8 nitrogen and oxygen atoms in total. The lowest BCUT2D eigenvalue weighted by molar-refractivity contribution is -0.254. The molecule has 1 fully saturated rings. The van der Waals surface area contributed by atoms with E-state index in [1.165, 1.54) is 0 Å². The number of hydroxylamine groups is 2. The molecule has 1 N–H and O–H groups in total. The number of rotatable bonds is 7. The van der Waals surface area contributed by atoms with E-state index >= 15 is 0 Å². The van der Waals surface area contributed by atoms with Crippen molar-refractivity contribution in [1.82, 2.24) is 19.8 Å². The molecular formula is C24H34N4O4S. The number of esters is 1. The Kier molecular flexibility index (Phi) is 7.14. The van der Waals surface area contributed by atoms with Crippen molar-refractivity contribution < 1.29 is 19.2 Å². The molecule has 180 valence electrons. The number of imidazole rings is 1. The fourth-order valence-electron chi connectivity index (χ4n) is 4.35. The summed E-state index contributed by atoms with van der Waals surface area (Å²) in [5.41, 5.74) is -0.880. The predicted molar refractivity (Wildman–Crippen MR) is 130 cm³/mol. The summed E-state index contributed by atoms with van der Waals surface area (Å²) in [6.07, 6.45) is 8.91. The second-order valence-corrected chi connectivity index (χ2v) is 10.4. The Hall–Kier alpha value is -2.52. The standard InChI is InChI=1S/C24H34N4O4S/c1-22(2,3)32-28(16-29)23(4,5)21(30)31-18-9-7-8-12-24(18,20(33)25-6)17-10-11-19-26-13-14-27(19)15-17/h10-11,13-16,18H,7-9,12H2,1-6H3,(H,25,33). The van der Waals surface area contributed by atoms with Crippen LogP contribution in [0.2, 0.25) is 0 Å². The van der Waals surface area contributed by atoms with Gasteiger partial charge in [0.25, 0.3) is 0 Å². The van der Waals surface area contributed by atoms with E-state index in [0.29, 0.717) is 17.8 Å². The highest BCUT2D eigenvalue weighted by atomic mass is 32.1. The summed E-state index contributed by atoms with van der Waals surface area (Å²) in [5.74, 6) is -0.544. The zero-order valence-corrected chi connectivity index (χ0v) is 21.1. The summed E-state index contributed by atoms with van der Waals surface area (Å²) >= 11 is 5.82. The summed E-state index contributed by atoms with van der Waals surface area (Å²) in [7, 11) is 1.79. The summed E-state index contributed by atoms with van der Waals surface area (Å²) in [6, 6.07) is 3.95. The van der Waals surface area contributed by atoms with Gasteiger partial charge in [0.05, 0.1) is 16.0 Å². The van der Waals surface area contributed by atoms with Crippen LogP contribution in [-0.4, -0.2) is 56.1 Å². The van der Waals surface area contributed by atoms with Crippen LogP contribution < -0.4 is 5.32 Å². The third kappa shape index (κ3) is 4.89. The third-order valence-electron chi connectivity index (χ3n) is 6.14. The molecule has 0 saturated heterocycles. The number of carbonyl (C=O) groups excluding carboxylic acids is 2. The van der Waals surface area contributed by atoms with Gasteiger partial charge in [-0.05, 0) is 65.5 Å². The largest absolute Gasteiger partial charge is 0.459 e. The van der Waals surface area contributed by atoms with Crippen molar-refractivity contribution in [1.29, 1.82) is 0 Å². The van der Waals surface area contributed by atoms with Crippen molar-refractivity contribution in [3.05, 3.63) is 36.3 Å². The van der Waals surface area contributed by atoms with Crippen LogP contribution in [0, 0.1) is 0 Å². The highest BCUT2D eigenvalue weighted by molar-refractivity contribution is 7.80. The zero-order valence-electron chi connectivity index (χ0n) is 20.3. The lowest BCUT2D eigenvalue weighted by atomic mass is 9.67. The molecule has 0 spiro atoms. The first kappa shape index (κ1) is 25.1. The van der Waals surface area contributed by atoms with Crippen molar-refractivity contribution >= 4 is 35.2 Å². The van der Waals surface area contributed by atoms with Gasteiger partial charge >= 0.3 is 5.97 Å². The number of nitrogens with zero attached hydrogens (tertiary/aromatic N) is 3. The van der Waals surface area contributed by atoms with Crippen LogP contribution in [0.4, 0.5) is 0 Å². The number of amides is 1. The Morgan fingerprint density at radius 1 is 1.30 bits per heavy atom. The molecule has 2 heterocycles. The fraction of sp³-hybridized carbons (Fsp3) is 0.583. The van der Waals surface area contributed by atoms with Crippen molar-refractivity contribution in [2.75, 3.05) is 7.05 Å². The minimum atomic E-state index is -1.33. The molecule has 1 aliphatic rings. The Balaban J connectivity index is 1.99. The van der Waals surface area contributed by atoms with E-state index in [-0.39, 0.29) is 0 Å². The second kappa shape index (κ2) is 9.38. The van der Waals surface area contributed by atoms with E-state index in [9.17, 15) is 9.59 Å². The highest BCUT2D eigenvalue weighted by Gasteiger charge is 2.50. The fourth-order valence-corrected chi connectivity index (χ4v) is 4.71. The van der Waals surface area contributed by atoms with Gasteiger partial charge in [0.15, 0.2) is 5.54 Å². The van der Waals surface area contributed by atoms with Gasteiger partial charge in [-0.3, -0.25) is 9.63 Å². The Morgan fingerprint density at radius 2 is 2.03 bits per heavy atom. The molecule has 0 radical (unpaired) electrons.